The molecule has 7 heteroatoms. The van der Waals surface area contributed by atoms with Gasteiger partial charge >= 0.3 is 11.9 Å². The van der Waals surface area contributed by atoms with Crippen molar-refractivity contribution in [3.05, 3.63) is 94.8 Å². The summed E-state index contributed by atoms with van der Waals surface area (Å²) in [4.78, 5) is 26.8. The Balaban J connectivity index is 1.49. The van der Waals surface area contributed by atoms with Crippen LogP contribution in [0, 0.1) is 0 Å². The summed E-state index contributed by atoms with van der Waals surface area (Å²) < 4.78 is 11.1. The monoisotopic (exact) mass is 503 g/mol. The van der Waals surface area contributed by atoms with E-state index in [1.165, 1.54) is 0 Å². The Morgan fingerprint density at radius 1 is 0.892 bits per heavy atom. The molecule has 1 heterocycles. The number of ether oxygens (including phenoxy) is 2. The van der Waals surface area contributed by atoms with Gasteiger partial charge in [0.1, 0.15) is 11.5 Å². The molecule has 0 saturated heterocycles. The lowest BCUT2D eigenvalue weighted by Crippen LogP contribution is -2.07. The van der Waals surface area contributed by atoms with Crippen molar-refractivity contribution in [2.75, 3.05) is 13.7 Å². The SMILES string of the molecule is COc1ccc(/C=C/CCCCOc2ccc(CCc3ccc(C(=O)O)cc3)nc2CCC(=O)O)cc1. The van der Waals surface area contributed by atoms with Crippen LogP contribution in [0.5, 0.6) is 11.5 Å². The second-order valence-corrected chi connectivity index (χ2v) is 8.66. The molecule has 7 nitrogen and oxygen atoms in total. The van der Waals surface area contributed by atoms with Crippen molar-refractivity contribution in [3.8, 4) is 11.5 Å². The largest absolute Gasteiger partial charge is 0.497 e. The molecule has 0 aliphatic carbocycles. The summed E-state index contributed by atoms with van der Waals surface area (Å²) in [6.07, 6.45) is 8.67. The first-order valence-electron chi connectivity index (χ1n) is 12.4. The van der Waals surface area contributed by atoms with Crippen molar-refractivity contribution in [1.29, 1.82) is 0 Å². The highest BCUT2D eigenvalue weighted by Gasteiger charge is 2.10. The van der Waals surface area contributed by atoms with Crippen LogP contribution >= 0.6 is 0 Å². The van der Waals surface area contributed by atoms with E-state index in [0.717, 1.165) is 41.8 Å². The lowest BCUT2D eigenvalue weighted by molar-refractivity contribution is -0.136. The van der Waals surface area contributed by atoms with E-state index in [-0.39, 0.29) is 12.0 Å². The number of aromatic nitrogens is 1. The van der Waals surface area contributed by atoms with Crippen LogP contribution in [0.4, 0.5) is 0 Å². The van der Waals surface area contributed by atoms with E-state index < -0.39 is 11.9 Å². The van der Waals surface area contributed by atoms with Gasteiger partial charge in [0.2, 0.25) is 0 Å². The average Bonchev–Trinajstić information content (AvgIpc) is 2.91. The minimum Gasteiger partial charge on any atom is -0.497 e. The number of aryl methyl sites for hydroxylation is 3. The van der Waals surface area contributed by atoms with Crippen LogP contribution in [-0.2, 0) is 24.1 Å². The van der Waals surface area contributed by atoms with Crippen LogP contribution in [-0.4, -0.2) is 40.9 Å². The highest BCUT2D eigenvalue weighted by molar-refractivity contribution is 5.87. The summed E-state index contributed by atoms with van der Waals surface area (Å²) in [5, 5.41) is 18.2. The first-order chi connectivity index (χ1) is 17.9. The number of carbonyl (C=O) groups is 2. The van der Waals surface area contributed by atoms with Gasteiger partial charge in [-0.1, -0.05) is 36.4 Å². The molecule has 3 rings (SSSR count). The number of benzene rings is 2. The van der Waals surface area contributed by atoms with Gasteiger partial charge in [-0.2, -0.15) is 0 Å². The smallest absolute Gasteiger partial charge is 0.335 e. The van der Waals surface area contributed by atoms with E-state index in [9.17, 15) is 9.59 Å². The van der Waals surface area contributed by atoms with Gasteiger partial charge in [-0.05, 0) is 79.6 Å². The molecule has 0 atom stereocenters. The Bertz CT molecular complexity index is 1190. The zero-order valence-corrected chi connectivity index (χ0v) is 21.1. The van der Waals surface area contributed by atoms with Gasteiger partial charge in [-0.25, -0.2) is 4.79 Å². The van der Waals surface area contributed by atoms with Crippen LogP contribution < -0.4 is 9.47 Å². The Morgan fingerprint density at radius 2 is 1.65 bits per heavy atom. The Kier molecular flexibility index (Phi) is 10.7. The third kappa shape index (κ3) is 9.44. The number of allylic oxidation sites excluding steroid dienone is 1. The fourth-order valence-corrected chi connectivity index (χ4v) is 3.78. The predicted octanol–water partition coefficient (Wildman–Crippen LogP) is 5.85. The first-order valence-corrected chi connectivity index (χ1v) is 12.4. The number of nitrogens with zero attached hydrogens (tertiary/aromatic N) is 1. The number of hydrogen-bond acceptors (Lipinski definition) is 5. The zero-order valence-electron chi connectivity index (χ0n) is 21.1. The maximum absolute atomic E-state index is 11.1. The second kappa shape index (κ2) is 14.4. The summed E-state index contributed by atoms with van der Waals surface area (Å²) in [6, 6.07) is 18.5. The quantitative estimate of drug-likeness (QED) is 0.251. The van der Waals surface area contributed by atoms with E-state index in [2.05, 4.69) is 17.1 Å². The summed E-state index contributed by atoms with van der Waals surface area (Å²) in [7, 11) is 1.65. The van der Waals surface area contributed by atoms with Gasteiger partial charge in [0.05, 0.1) is 31.4 Å². The number of aliphatic carboxylic acids is 1. The number of methoxy groups -OCH3 is 1. The zero-order chi connectivity index (χ0) is 26.5. The molecule has 0 saturated carbocycles. The molecule has 37 heavy (non-hydrogen) atoms. The molecule has 0 unspecified atom stereocenters. The van der Waals surface area contributed by atoms with Gasteiger partial charge in [0, 0.05) is 12.1 Å². The number of carboxylic acid groups (broad SMARTS) is 2. The lowest BCUT2D eigenvalue weighted by atomic mass is 10.1. The molecule has 2 N–H and O–H groups in total. The molecule has 194 valence electrons. The normalized spacial score (nSPS) is 10.9. The van der Waals surface area contributed by atoms with Crippen molar-refractivity contribution in [3.63, 3.8) is 0 Å². The number of pyridine rings is 1. The van der Waals surface area contributed by atoms with Crippen molar-refractivity contribution < 1.29 is 29.3 Å². The third-order valence-corrected chi connectivity index (χ3v) is 5.89. The molecular weight excluding hydrogens is 470 g/mol. The van der Waals surface area contributed by atoms with Gasteiger partial charge in [-0.3, -0.25) is 9.78 Å². The molecule has 1 aromatic heterocycles. The van der Waals surface area contributed by atoms with Crippen molar-refractivity contribution in [2.45, 2.75) is 44.9 Å². The molecule has 0 aliphatic rings. The molecule has 3 aromatic rings. The van der Waals surface area contributed by atoms with E-state index >= 15 is 0 Å². The molecular formula is C30H33NO6. The molecule has 0 aliphatic heterocycles. The van der Waals surface area contributed by atoms with Crippen LogP contribution in [0.15, 0.2) is 66.7 Å². The molecule has 0 spiro atoms. The highest BCUT2D eigenvalue weighted by Crippen LogP contribution is 2.21. The van der Waals surface area contributed by atoms with Gasteiger partial charge in [0.25, 0.3) is 0 Å². The number of unbranched alkanes of at least 4 members (excludes halogenated alkanes) is 2. The Labute approximate surface area is 217 Å². The van der Waals surface area contributed by atoms with Gasteiger partial charge < -0.3 is 19.7 Å². The average molecular weight is 504 g/mol. The fraction of sp³-hybridized carbons (Fsp3) is 0.300. The number of rotatable bonds is 15. The summed E-state index contributed by atoms with van der Waals surface area (Å²) >= 11 is 0. The van der Waals surface area contributed by atoms with Gasteiger partial charge in [-0.15, -0.1) is 0 Å². The van der Waals surface area contributed by atoms with Crippen molar-refractivity contribution in [1.82, 2.24) is 4.98 Å². The summed E-state index contributed by atoms with van der Waals surface area (Å²) in [6.45, 7) is 0.535. The van der Waals surface area contributed by atoms with E-state index in [0.29, 0.717) is 37.3 Å². The number of aromatic carboxylic acids is 1. The predicted molar refractivity (Wildman–Crippen MR) is 142 cm³/mol. The fourth-order valence-electron chi connectivity index (χ4n) is 3.78. The number of carboxylic acids is 2. The summed E-state index contributed by atoms with van der Waals surface area (Å²) in [5.74, 6) is -0.353. The minimum atomic E-state index is -0.947. The molecule has 2 aromatic carbocycles. The topological polar surface area (TPSA) is 106 Å². The maximum atomic E-state index is 11.1. The maximum Gasteiger partial charge on any atom is 0.335 e. The van der Waals surface area contributed by atoms with E-state index in [4.69, 9.17) is 19.7 Å². The van der Waals surface area contributed by atoms with Crippen molar-refractivity contribution >= 4 is 18.0 Å². The molecule has 0 radical (unpaired) electrons. The number of hydrogen-bond donors (Lipinski definition) is 2. The molecule has 0 amide bonds. The standard InChI is InChI=1S/C30H33NO6/c1-36-26-16-10-22(11-17-26)6-4-2-3-5-21-37-28-19-15-25(31-27(28)18-20-29(32)33)14-9-23-7-12-24(13-8-23)30(34)35/h4,6-8,10-13,15-17,19H,2-3,5,9,14,18,20-21H2,1H3,(H,32,33)(H,34,35)/b6-4+. The summed E-state index contributed by atoms with van der Waals surface area (Å²) in [5.41, 5.74) is 3.90. The lowest BCUT2D eigenvalue weighted by Gasteiger charge is -2.12. The van der Waals surface area contributed by atoms with Crippen LogP contribution in [0.1, 0.15) is 58.6 Å². The Morgan fingerprint density at radius 3 is 2.32 bits per heavy atom. The van der Waals surface area contributed by atoms with Gasteiger partial charge in [0.15, 0.2) is 0 Å². The van der Waals surface area contributed by atoms with E-state index in [1.54, 1.807) is 31.4 Å². The van der Waals surface area contributed by atoms with Crippen LogP contribution in [0.25, 0.3) is 6.08 Å². The highest BCUT2D eigenvalue weighted by atomic mass is 16.5. The molecule has 0 bridgehead atoms. The minimum absolute atomic E-state index is 0.0143. The van der Waals surface area contributed by atoms with Crippen LogP contribution in [0.2, 0.25) is 0 Å². The van der Waals surface area contributed by atoms with Crippen LogP contribution in [0.3, 0.4) is 0 Å². The van der Waals surface area contributed by atoms with E-state index in [1.807, 2.05) is 36.4 Å². The second-order valence-electron chi connectivity index (χ2n) is 8.66. The first kappa shape index (κ1) is 27.5. The van der Waals surface area contributed by atoms with Crippen molar-refractivity contribution in [2.24, 2.45) is 0 Å². The Hall–Kier alpha value is -4.13. The molecule has 0 fully saturated rings. The third-order valence-electron chi connectivity index (χ3n) is 5.89.